The van der Waals surface area contributed by atoms with Crippen molar-refractivity contribution in [2.45, 2.75) is 10.4 Å². The number of thioether (sulfide) groups is 1. The monoisotopic (exact) mass is 328 g/mol. The van der Waals surface area contributed by atoms with Gasteiger partial charge in [-0.1, -0.05) is 23.9 Å². The van der Waals surface area contributed by atoms with Crippen LogP contribution in [-0.2, 0) is 0 Å². The SMILES string of the molecule is Fc1ccc(-c2nnc3n2N=CC(c2ccc(F)cc2)S3)cc1. The summed E-state index contributed by atoms with van der Waals surface area (Å²) in [5.41, 5.74) is 1.68. The first kappa shape index (κ1) is 14.1. The first-order valence-corrected chi connectivity index (χ1v) is 7.76. The molecule has 2 heterocycles. The van der Waals surface area contributed by atoms with Gasteiger partial charge in [0.2, 0.25) is 5.16 Å². The van der Waals surface area contributed by atoms with Crippen molar-refractivity contribution in [1.82, 2.24) is 14.9 Å². The molecule has 23 heavy (non-hydrogen) atoms. The first-order valence-electron chi connectivity index (χ1n) is 6.89. The van der Waals surface area contributed by atoms with Crippen LogP contribution in [-0.4, -0.2) is 21.1 Å². The van der Waals surface area contributed by atoms with E-state index in [1.807, 2.05) is 0 Å². The van der Waals surface area contributed by atoms with Crippen molar-refractivity contribution in [3.8, 4) is 11.4 Å². The van der Waals surface area contributed by atoms with Crippen molar-refractivity contribution in [3.63, 3.8) is 0 Å². The molecule has 0 amide bonds. The minimum atomic E-state index is -0.304. The van der Waals surface area contributed by atoms with E-state index >= 15 is 0 Å². The van der Waals surface area contributed by atoms with Crippen molar-refractivity contribution in [2.24, 2.45) is 5.10 Å². The van der Waals surface area contributed by atoms with Crippen molar-refractivity contribution in [1.29, 1.82) is 0 Å². The van der Waals surface area contributed by atoms with Gasteiger partial charge in [0.1, 0.15) is 11.6 Å². The molecule has 0 radical (unpaired) electrons. The van der Waals surface area contributed by atoms with Crippen molar-refractivity contribution in [3.05, 3.63) is 65.7 Å². The van der Waals surface area contributed by atoms with Gasteiger partial charge in [-0.25, -0.2) is 8.78 Å². The Hall–Kier alpha value is -2.54. The maximum absolute atomic E-state index is 13.0. The van der Waals surface area contributed by atoms with Crippen LogP contribution in [0.4, 0.5) is 8.78 Å². The van der Waals surface area contributed by atoms with Gasteiger partial charge in [0, 0.05) is 11.8 Å². The molecule has 0 spiro atoms. The number of fused-ring (bicyclic) bond motifs is 1. The zero-order chi connectivity index (χ0) is 15.8. The third-order valence-electron chi connectivity index (χ3n) is 3.46. The van der Waals surface area contributed by atoms with Gasteiger partial charge < -0.3 is 0 Å². The molecule has 0 aliphatic carbocycles. The summed E-state index contributed by atoms with van der Waals surface area (Å²) in [4.78, 5) is 0. The van der Waals surface area contributed by atoms with Gasteiger partial charge in [0.15, 0.2) is 5.82 Å². The Bertz CT molecular complexity index is 872. The Morgan fingerprint density at radius 3 is 2.22 bits per heavy atom. The molecule has 0 saturated carbocycles. The number of nitrogens with zero attached hydrogens (tertiary/aromatic N) is 4. The summed E-state index contributed by atoms with van der Waals surface area (Å²) in [5.74, 6) is -0.0176. The summed E-state index contributed by atoms with van der Waals surface area (Å²) in [5, 5.41) is 13.3. The third-order valence-corrected chi connectivity index (χ3v) is 4.58. The molecular weight excluding hydrogens is 318 g/mol. The second-order valence-electron chi connectivity index (χ2n) is 4.98. The topological polar surface area (TPSA) is 43.1 Å². The minimum Gasteiger partial charge on any atom is -0.207 e. The highest BCUT2D eigenvalue weighted by molar-refractivity contribution is 8.00. The Morgan fingerprint density at radius 2 is 1.52 bits per heavy atom. The normalized spacial score (nSPS) is 16.3. The fourth-order valence-electron chi connectivity index (χ4n) is 2.30. The molecule has 1 aromatic heterocycles. The van der Waals surface area contributed by atoms with Crippen LogP contribution in [0.15, 0.2) is 58.8 Å². The quantitative estimate of drug-likeness (QED) is 0.716. The number of benzene rings is 2. The molecule has 114 valence electrons. The molecular formula is C16H10F2N4S. The van der Waals surface area contributed by atoms with Gasteiger partial charge in [0.05, 0.1) is 5.25 Å². The summed E-state index contributed by atoms with van der Waals surface area (Å²) < 4.78 is 27.7. The standard InChI is InChI=1S/C16H10F2N4S/c17-12-5-1-10(2-6-12)14-9-19-22-15(20-21-16(22)23-14)11-3-7-13(18)8-4-11/h1-9,14H. The molecule has 0 N–H and O–H groups in total. The van der Waals surface area contributed by atoms with Gasteiger partial charge in [-0.3, -0.25) is 0 Å². The van der Waals surface area contributed by atoms with Gasteiger partial charge in [-0.2, -0.15) is 9.78 Å². The smallest absolute Gasteiger partial charge is 0.207 e. The molecule has 4 rings (SSSR count). The summed E-state index contributed by atoms with van der Waals surface area (Å²) >= 11 is 1.48. The number of rotatable bonds is 2. The number of hydrogen-bond acceptors (Lipinski definition) is 4. The molecule has 0 saturated heterocycles. The fourth-order valence-corrected chi connectivity index (χ4v) is 3.26. The van der Waals surface area contributed by atoms with Crippen LogP contribution in [0.3, 0.4) is 0 Å². The first-order chi connectivity index (χ1) is 11.2. The van der Waals surface area contributed by atoms with E-state index in [-0.39, 0.29) is 16.9 Å². The molecule has 7 heteroatoms. The Morgan fingerprint density at radius 1 is 0.870 bits per heavy atom. The predicted octanol–water partition coefficient (Wildman–Crippen LogP) is 3.90. The number of halogens is 2. The van der Waals surface area contributed by atoms with Gasteiger partial charge >= 0.3 is 0 Å². The maximum atomic E-state index is 13.0. The van der Waals surface area contributed by atoms with Crippen LogP contribution in [0.1, 0.15) is 10.8 Å². The molecule has 0 fully saturated rings. The Labute approximate surface area is 134 Å². The van der Waals surface area contributed by atoms with E-state index in [1.165, 1.54) is 36.0 Å². The van der Waals surface area contributed by atoms with Crippen LogP contribution in [0.5, 0.6) is 0 Å². The lowest BCUT2D eigenvalue weighted by atomic mass is 10.1. The molecule has 3 aromatic rings. The van der Waals surface area contributed by atoms with E-state index in [2.05, 4.69) is 15.3 Å². The average Bonchev–Trinajstić information content (AvgIpc) is 2.99. The van der Waals surface area contributed by atoms with Crippen LogP contribution in [0, 0.1) is 11.6 Å². The largest absolute Gasteiger partial charge is 0.213 e. The average molecular weight is 328 g/mol. The highest BCUT2D eigenvalue weighted by atomic mass is 32.2. The van der Waals surface area contributed by atoms with Gasteiger partial charge in [-0.05, 0) is 42.0 Å². The fraction of sp³-hybridized carbons (Fsp3) is 0.0625. The van der Waals surface area contributed by atoms with Crippen LogP contribution in [0.2, 0.25) is 0 Å². The molecule has 0 bridgehead atoms. The second kappa shape index (κ2) is 5.58. The lowest BCUT2D eigenvalue weighted by Crippen LogP contribution is -2.07. The van der Waals surface area contributed by atoms with Crippen LogP contribution < -0.4 is 0 Å². The zero-order valence-electron chi connectivity index (χ0n) is 11.7. The van der Waals surface area contributed by atoms with E-state index in [9.17, 15) is 8.78 Å². The highest BCUT2D eigenvalue weighted by Gasteiger charge is 2.23. The molecule has 2 aromatic carbocycles. The molecule has 1 atom stereocenters. The van der Waals surface area contributed by atoms with E-state index < -0.39 is 0 Å². The van der Waals surface area contributed by atoms with E-state index in [0.717, 1.165) is 11.1 Å². The van der Waals surface area contributed by atoms with Crippen LogP contribution in [0.25, 0.3) is 11.4 Å². The van der Waals surface area contributed by atoms with E-state index in [4.69, 9.17) is 0 Å². The van der Waals surface area contributed by atoms with Crippen molar-refractivity contribution < 1.29 is 8.78 Å². The molecule has 1 aliphatic rings. The molecule has 1 unspecified atom stereocenters. The second-order valence-corrected chi connectivity index (χ2v) is 6.09. The minimum absolute atomic E-state index is 0.0478. The molecule has 1 aliphatic heterocycles. The zero-order valence-corrected chi connectivity index (χ0v) is 12.5. The van der Waals surface area contributed by atoms with Crippen LogP contribution >= 0.6 is 11.8 Å². The summed E-state index contributed by atoms with van der Waals surface area (Å²) in [7, 11) is 0. The Kier molecular flexibility index (Phi) is 3.42. The summed E-state index contributed by atoms with van der Waals surface area (Å²) in [6, 6.07) is 12.3. The number of hydrogen-bond donors (Lipinski definition) is 0. The van der Waals surface area contributed by atoms with E-state index in [0.29, 0.717) is 11.0 Å². The predicted molar refractivity (Wildman–Crippen MR) is 84.3 cm³/mol. The summed E-state index contributed by atoms with van der Waals surface area (Å²) in [6.07, 6.45) is 1.77. The lowest BCUT2D eigenvalue weighted by molar-refractivity contribution is 0.627. The van der Waals surface area contributed by atoms with Crippen molar-refractivity contribution >= 4 is 18.0 Å². The van der Waals surface area contributed by atoms with Gasteiger partial charge in [0.25, 0.3) is 0 Å². The lowest BCUT2D eigenvalue weighted by Gasteiger charge is -2.16. The third kappa shape index (κ3) is 2.63. The van der Waals surface area contributed by atoms with Crippen molar-refractivity contribution in [2.75, 3.05) is 0 Å². The van der Waals surface area contributed by atoms with Gasteiger partial charge in [-0.15, -0.1) is 10.2 Å². The maximum Gasteiger partial charge on any atom is 0.213 e. The Balaban J connectivity index is 1.66. The highest BCUT2D eigenvalue weighted by Crippen LogP contribution is 2.37. The molecule has 4 nitrogen and oxygen atoms in total. The van der Waals surface area contributed by atoms with E-state index in [1.54, 1.807) is 35.2 Å². The summed E-state index contributed by atoms with van der Waals surface area (Å²) in [6.45, 7) is 0. The number of aromatic nitrogens is 3.